The maximum absolute atomic E-state index is 5.47. The van der Waals surface area contributed by atoms with Crippen LogP contribution >= 0.6 is 0 Å². The Hall–Kier alpha value is -0.870. The molecule has 0 aliphatic rings. The summed E-state index contributed by atoms with van der Waals surface area (Å²) in [5, 5.41) is 6.68. The lowest BCUT2D eigenvalue weighted by molar-refractivity contribution is 0.288. The Morgan fingerprint density at radius 3 is 3.00 bits per heavy atom. The molecule has 1 heterocycles. The van der Waals surface area contributed by atoms with E-state index < -0.39 is 0 Å². The molecule has 0 bridgehead atoms. The van der Waals surface area contributed by atoms with Crippen LogP contribution in [0.5, 0.6) is 0 Å². The van der Waals surface area contributed by atoms with E-state index >= 15 is 0 Å². The van der Waals surface area contributed by atoms with Gasteiger partial charge in [-0.1, -0.05) is 6.92 Å². The number of aromatic nitrogens is 2. The predicted molar refractivity (Wildman–Crippen MR) is 48.6 cm³/mol. The van der Waals surface area contributed by atoms with E-state index in [0.717, 1.165) is 19.6 Å². The Kier molecular flexibility index (Phi) is 3.76. The fourth-order valence-corrected chi connectivity index (χ4v) is 1.15. The van der Waals surface area contributed by atoms with Crippen molar-refractivity contribution in [3.05, 3.63) is 18.0 Å². The van der Waals surface area contributed by atoms with Crippen LogP contribution < -0.4 is 5.73 Å². The summed E-state index contributed by atoms with van der Waals surface area (Å²) in [5.74, 6) is 0. The lowest BCUT2D eigenvalue weighted by Gasteiger charge is -2.17. The minimum absolute atomic E-state index is 0.714. The highest BCUT2D eigenvalue weighted by atomic mass is 15.1. The molecule has 1 rings (SSSR count). The molecule has 0 radical (unpaired) electrons. The van der Waals surface area contributed by atoms with Gasteiger partial charge in [-0.3, -0.25) is 10.00 Å². The highest BCUT2D eigenvalue weighted by Crippen LogP contribution is 1.99. The van der Waals surface area contributed by atoms with E-state index in [1.807, 2.05) is 12.4 Å². The maximum atomic E-state index is 5.47. The zero-order valence-electron chi connectivity index (χ0n) is 7.45. The number of H-pyrrole nitrogens is 1. The molecule has 1 aromatic rings. The van der Waals surface area contributed by atoms with Crippen molar-refractivity contribution in [3.63, 3.8) is 0 Å². The number of nitrogens with one attached hydrogen (secondary N) is 1. The molecule has 0 aliphatic heterocycles. The van der Waals surface area contributed by atoms with Gasteiger partial charge in [0.1, 0.15) is 0 Å². The molecule has 1 aromatic heterocycles. The van der Waals surface area contributed by atoms with E-state index in [0.29, 0.717) is 6.54 Å². The number of rotatable bonds is 5. The van der Waals surface area contributed by atoms with E-state index in [2.05, 4.69) is 22.0 Å². The van der Waals surface area contributed by atoms with Crippen molar-refractivity contribution >= 4 is 0 Å². The average molecular weight is 168 g/mol. The summed E-state index contributed by atoms with van der Waals surface area (Å²) >= 11 is 0. The molecular weight excluding hydrogens is 152 g/mol. The Labute approximate surface area is 72.8 Å². The molecule has 68 valence electrons. The van der Waals surface area contributed by atoms with Crippen LogP contribution in [0.1, 0.15) is 12.5 Å². The van der Waals surface area contributed by atoms with Crippen LogP contribution in [0.25, 0.3) is 0 Å². The van der Waals surface area contributed by atoms with E-state index in [4.69, 9.17) is 5.73 Å². The van der Waals surface area contributed by atoms with Gasteiger partial charge in [-0.05, 0) is 6.54 Å². The summed E-state index contributed by atoms with van der Waals surface area (Å²) in [6, 6.07) is 0. The number of likely N-dealkylation sites (N-methyl/N-ethyl adjacent to an activating group) is 1. The largest absolute Gasteiger partial charge is 0.329 e. The van der Waals surface area contributed by atoms with Crippen molar-refractivity contribution < 1.29 is 0 Å². The van der Waals surface area contributed by atoms with Gasteiger partial charge in [0.25, 0.3) is 0 Å². The third kappa shape index (κ3) is 2.64. The molecule has 12 heavy (non-hydrogen) atoms. The predicted octanol–water partition coefficient (Wildman–Crippen LogP) is 0.190. The fraction of sp³-hybridized carbons (Fsp3) is 0.625. The van der Waals surface area contributed by atoms with Gasteiger partial charge in [0.15, 0.2) is 0 Å². The number of nitrogens with zero attached hydrogens (tertiary/aromatic N) is 2. The molecule has 0 aliphatic carbocycles. The van der Waals surface area contributed by atoms with Crippen molar-refractivity contribution in [2.24, 2.45) is 5.73 Å². The number of aromatic amines is 1. The topological polar surface area (TPSA) is 57.9 Å². The summed E-state index contributed by atoms with van der Waals surface area (Å²) in [5.41, 5.74) is 6.68. The van der Waals surface area contributed by atoms with Gasteiger partial charge in [-0.15, -0.1) is 0 Å². The minimum atomic E-state index is 0.714. The van der Waals surface area contributed by atoms with Crippen LogP contribution in [0.15, 0.2) is 12.4 Å². The lowest BCUT2D eigenvalue weighted by atomic mass is 10.3. The molecular formula is C8H16N4. The molecule has 4 heteroatoms. The summed E-state index contributed by atoms with van der Waals surface area (Å²) in [6.45, 7) is 5.76. The van der Waals surface area contributed by atoms with E-state index in [1.54, 1.807) is 0 Å². The van der Waals surface area contributed by atoms with E-state index in [9.17, 15) is 0 Å². The van der Waals surface area contributed by atoms with Crippen molar-refractivity contribution in [2.45, 2.75) is 13.5 Å². The van der Waals surface area contributed by atoms with Crippen LogP contribution in [-0.2, 0) is 6.54 Å². The van der Waals surface area contributed by atoms with Gasteiger partial charge in [-0.2, -0.15) is 5.10 Å². The van der Waals surface area contributed by atoms with Crippen molar-refractivity contribution in [2.75, 3.05) is 19.6 Å². The third-order valence-corrected chi connectivity index (χ3v) is 1.85. The Bertz CT molecular complexity index is 195. The first kappa shape index (κ1) is 9.22. The first-order valence-electron chi connectivity index (χ1n) is 4.27. The van der Waals surface area contributed by atoms with Crippen LogP contribution in [0.2, 0.25) is 0 Å². The zero-order chi connectivity index (χ0) is 8.81. The second-order valence-electron chi connectivity index (χ2n) is 2.76. The zero-order valence-corrected chi connectivity index (χ0v) is 7.45. The smallest absolute Gasteiger partial charge is 0.0532 e. The van der Waals surface area contributed by atoms with E-state index in [-0.39, 0.29) is 0 Å². The highest BCUT2D eigenvalue weighted by molar-refractivity contribution is 5.01. The molecule has 0 aromatic carbocycles. The second kappa shape index (κ2) is 4.90. The minimum Gasteiger partial charge on any atom is -0.329 e. The molecule has 0 atom stereocenters. The molecule has 4 nitrogen and oxygen atoms in total. The Balaban J connectivity index is 2.37. The van der Waals surface area contributed by atoms with Crippen LogP contribution in [-0.4, -0.2) is 34.7 Å². The van der Waals surface area contributed by atoms with Gasteiger partial charge < -0.3 is 5.73 Å². The lowest BCUT2D eigenvalue weighted by Crippen LogP contribution is -2.28. The summed E-state index contributed by atoms with van der Waals surface area (Å²) in [4.78, 5) is 2.28. The molecule has 0 unspecified atom stereocenters. The molecule has 0 saturated heterocycles. The van der Waals surface area contributed by atoms with Crippen molar-refractivity contribution in [1.29, 1.82) is 0 Å². The molecule has 0 saturated carbocycles. The molecule has 0 spiro atoms. The molecule has 3 N–H and O–H groups in total. The van der Waals surface area contributed by atoms with Crippen molar-refractivity contribution in [1.82, 2.24) is 15.1 Å². The standard InChI is InChI=1S/C8H16N4/c1-2-12(4-3-9)7-8-5-10-11-6-8/h5-6H,2-4,7,9H2,1H3,(H,10,11). The first-order valence-corrected chi connectivity index (χ1v) is 4.27. The van der Waals surface area contributed by atoms with Gasteiger partial charge in [0.2, 0.25) is 0 Å². The number of nitrogens with two attached hydrogens (primary N) is 1. The Morgan fingerprint density at radius 1 is 1.67 bits per heavy atom. The van der Waals surface area contributed by atoms with Gasteiger partial charge in [0, 0.05) is 31.4 Å². The Morgan fingerprint density at radius 2 is 2.50 bits per heavy atom. The molecule has 0 fully saturated rings. The summed E-state index contributed by atoms with van der Waals surface area (Å²) in [7, 11) is 0. The van der Waals surface area contributed by atoms with Crippen LogP contribution in [0, 0.1) is 0 Å². The van der Waals surface area contributed by atoms with Crippen LogP contribution in [0.3, 0.4) is 0 Å². The monoisotopic (exact) mass is 168 g/mol. The SMILES string of the molecule is CCN(CCN)Cc1cn[nH]c1. The van der Waals surface area contributed by atoms with Crippen LogP contribution in [0.4, 0.5) is 0 Å². The number of hydrogen-bond donors (Lipinski definition) is 2. The molecule has 0 amide bonds. The second-order valence-corrected chi connectivity index (χ2v) is 2.76. The first-order chi connectivity index (χ1) is 5.86. The normalized spacial score (nSPS) is 10.9. The van der Waals surface area contributed by atoms with Crippen molar-refractivity contribution in [3.8, 4) is 0 Å². The van der Waals surface area contributed by atoms with Gasteiger partial charge in [-0.25, -0.2) is 0 Å². The van der Waals surface area contributed by atoms with Gasteiger partial charge >= 0.3 is 0 Å². The third-order valence-electron chi connectivity index (χ3n) is 1.85. The van der Waals surface area contributed by atoms with E-state index in [1.165, 1.54) is 5.56 Å². The summed E-state index contributed by atoms with van der Waals surface area (Å²) < 4.78 is 0. The fourth-order valence-electron chi connectivity index (χ4n) is 1.15. The maximum Gasteiger partial charge on any atom is 0.0532 e. The summed E-state index contributed by atoms with van der Waals surface area (Å²) in [6.07, 6.45) is 3.76. The highest BCUT2D eigenvalue weighted by Gasteiger charge is 2.02. The number of hydrogen-bond acceptors (Lipinski definition) is 3. The quantitative estimate of drug-likeness (QED) is 0.660. The average Bonchev–Trinajstić information content (AvgIpc) is 2.56. The van der Waals surface area contributed by atoms with Gasteiger partial charge in [0.05, 0.1) is 6.20 Å².